The standard InChI is InChI=1S/C11H23NO2/c1-7(2)10(11(13)14)12(8(3)4)9(5)6/h7-10H,1-6H3,(H,13,14)/t10-/m0/s1. The highest BCUT2D eigenvalue weighted by Gasteiger charge is 2.31. The van der Waals surface area contributed by atoms with Crippen LogP contribution in [0.15, 0.2) is 0 Å². The van der Waals surface area contributed by atoms with Crippen LogP contribution in [0.1, 0.15) is 41.5 Å². The predicted octanol–water partition coefficient (Wildman–Crippen LogP) is 2.21. The second-order valence-electron chi connectivity index (χ2n) is 4.66. The van der Waals surface area contributed by atoms with Crippen molar-refractivity contribution in [1.29, 1.82) is 0 Å². The normalized spacial score (nSPS) is 14.4. The van der Waals surface area contributed by atoms with E-state index in [9.17, 15) is 9.90 Å². The van der Waals surface area contributed by atoms with E-state index in [1.54, 1.807) is 0 Å². The van der Waals surface area contributed by atoms with Crippen LogP contribution in [-0.4, -0.2) is 34.1 Å². The number of hydrogen-bond donors (Lipinski definition) is 1. The Kier molecular flexibility index (Phi) is 5.13. The first-order valence-electron chi connectivity index (χ1n) is 5.29. The molecule has 0 aliphatic carbocycles. The van der Waals surface area contributed by atoms with Crippen LogP contribution in [0.25, 0.3) is 0 Å². The van der Waals surface area contributed by atoms with Crippen molar-refractivity contribution in [1.82, 2.24) is 4.90 Å². The molecule has 0 aliphatic heterocycles. The summed E-state index contributed by atoms with van der Waals surface area (Å²) in [4.78, 5) is 13.2. The lowest BCUT2D eigenvalue weighted by atomic mass is 9.99. The number of aliphatic carboxylic acids is 1. The van der Waals surface area contributed by atoms with Crippen molar-refractivity contribution in [3.63, 3.8) is 0 Å². The van der Waals surface area contributed by atoms with Crippen molar-refractivity contribution in [2.24, 2.45) is 5.92 Å². The van der Waals surface area contributed by atoms with Gasteiger partial charge in [-0.25, -0.2) is 0 Å². The lowest BCUT2D eigenvalue weighted by Gasteiger charge is -2.37. The molecule has 0 spiro atoms. The minimum atomic E-state index is -0.720. The van der Waals surface area contributed by atoms with Crippen molar-refractivity contribution < 1.29 is 9.90 Å². The monoisotopic (exact) mass is 201 g/mol. The molecule has 3 heteroatoms. The number of carboxylic acids is 1. The fraction of sp³-hybridized carbons (Fsp3) is 0.909. The molecule has 1 atom stereocenters. The Labute approximate surface area is 87.1 Å². The third-order valence-corrected chi connectivity index (χ3v) is 2.40. The second kappa shape index (κ2) is 5.35. The number of carbonyl (C=O) groups is 1. The van der Waals surface area contributed by atoms with E-state index in [-0.39, 0.29) is 24.0 Å². The smallest absolute Gasteiger partial charge is 0.321 e. The van der Waals surface area contributed by atoms with Gasteiger partial charge in [-0.05, 0) is 33.6 Å². The molecule has 3 nitrogen and oxygen atoms in total. The Morgan fingerprint density at radius 1 is 1.00 bits per heavy atom. The Hall–Kier alpha value is -0.570. The van der Waals surface area contributed by atoms with Crippen molar-refractivity contribution in [3.05, 3.63) is 0 Å². The van der Waals surface area contributed by atoms with Gasteiger partial charge in [-0.1, -0.05) is 13.8 Å². The van der Waals surface area contributed by atoms with Crippen molar-refractivity contribution in [3.8, 4) is 0 Å². The van der Waals surface area contributed by atoms with Gasteiger partial charge in [0.15, 0.2) is 0 Å². The zero-order chi connectivity index (χ0) is 11.5. The summed E-state index contributed by atoms with van der Waals surface area (Å²) >= 11 is 0. The number of nitrogens with zero attached hydrogens (tertiary/aromatic N) is 1. The van der Waals surface area contributed by atoms with Gasteiger partial charge in [0.25, 0.3) is 0 Å². The van der Waals surface area contributed by atoms with Crippen LogP contribution in [0.4, 0.5) is 0 Å². The fourth-order valence-electron chi connectivity index (χ4n) is 2.00. The van der Waals surface area contributed by atoms with E-state index >= 15 is 0 Å². The summed E-state index contributed by atoms with van der Waals surface area (Å²) in [6.07, 6.45) is 0. The topological polar surface area (TPSA) is 40.5 Å². The molecule has 0 rings (SSSR count). The summed E-state index contributed by atoms with van der Waals surface area (Å²) in [6, 6.07) is 0.145. The van der Waals surface area contributed by atoms with E-state index in [1.807, 2.05) is 46.4 Å². The van der Waals surface area contributed by atoms with Gasteiger partial charge in [0.1, 0.15) is 6.04 Å². The first-order valence-corrected chi connectivity index (χ1v) is 5.29. The molecule has 0 aromatic heterocycles. The molecular weight excluding hydrogens is 178 g/mol. The van der Waals surface area contributed by atoms with E-state index in [1.165, 1.54) is 0 Å². The van der Waals surface area contributed by atoms with Crippen LogP contribution >= 0.6 is 0 Å². The third-order valence-electron chi connectivity index (χ3n) is 2.40. The fourth-order valence-corrected chi connectivity index (χ4v) is 2.00. The molecule has 0 unspecified atom stereocenters. The number of hydrogen-bond acceptors (Lipinski definition) is 2. The van der Waals surface area contributed by atoms with Crippen LogP contribution < -0.4 is 0 Å². The Bertz CT molecular complexity index is 180. The molecule has 0 aromatic rings. The number of carboxylic acid groups (broad SMARTS) is 1. The van der Waals surface area contributed by atoms with Crippen molar-refractivity contribution in [2.75, 3.05) is 0 Å². The van der Waals surface area contributed by atoms with E-state index in [2.05, 4.69) is 0 Å². The zero-order valence-corrected chi connectivity index (χ0v) is 10.1. The molecule has 0 amide bonds. The first-order chi connectivity index (χ1) is 6.29. The summed E-state index contributed by atoms with van der Waals surface area (Å²) in [5.74, 6) is -0.584. The molecular formula is C11H23NO2. The van der Waals surface area contributed by atoms with E-state index in [0.29, 0.717) is 0 Å². The lowest BCUT2D eigenvalue weighted by molar-refractivity contribution is -0.147. The van der Waals surface area contributed by atoms with Crippen LogP contribution in [0.2, 0.25) is 0 Å². The van der Waals surface area contributed by atoms with Gasteiger partial charge in [0.05, 0.1) is 0 Å². The molecule has 0 aromatic carbocycles. The van der Waals surface area contributed by atoms with E-state index in [4.69, 9.17) is 0 Å². The highest BCUT2D eigenvalue weighted by atomic mass is 16.4. The average Bonchev–Trinajstić information content (AvgIpc) is 1.96. The van der Waals surface area contributed by atoms with Gasteiger partial charge in [0.2, 0.25) is 0 Å². The maximum atomic E-state index is 11.1. The van der Waals surface area contributed by atoms with Crippen LogP contribution in [0, 0.1) is 5.92 Å². The van der Waals surface area contributed by atoms with Crippen LogP contribution in [0.3, 0.4) is 0 Å². The third kappa shape index (κ3) is 3.29. The molecule has 0 radical (unpaired) electrons. The average molecular weight is 201 g/mol. The van der Waals surface area contributed by atoms with E-state index in [0.717, 1.165) is 0 Å². The number of rotatable bonds is 5. The van der Waals surface area contributed by atoms with Gasteiger partial charge >= 0.3 is 5.97 Å². The summed E-state index contributed by atoms with van der Waals surface area (Å²) in [5, 5.41) is 9.17. The maximum absolute atomic E-state index is 11.1. The van der Waals surface area contributed by atoms with Crippen LogP contribution in [0.5, 0.6) is 0 Å². The summed E-state index contributed by atoms with van der Waals surface area (Å²) in [7, 11) is 0. The SMILES string of the molecule is CC(C)[C@@H](C(=O)O)N(C(C)C)C(C)C. The first kappa shape index (κ1) is 13.4. The minimum absolute atomic E-state index is 0.136. The molecule has 0 saturated carbocycles. The molecule has 84 valence electrons. The van der Waals surface area contributed by atoms with Crippen molar-refractivity contribution >= 4 is 5.97 Å². The van der Waals surface area contributed by atoms with Crippen molar-refractivity contribution in [2.45, 2.75) is 59.7 Å². The molecule has 0 fully saturated rings. The minimum Gasteiger partial charge on any atom is -0.480 e. The Morgan fingerprint density at radius 3 is 1.43 bits per heavy atom. The summed E-state index contributed by atoms with van der Waals surface area (Å²) in [5.41, 5.74) is 0. The largest absolute Gasteiger partial charge is 0.480 e. The molecule has 0 saturated heterocycles. The van der Waals surface area contributed by atoms with Gasteiger partial charge < -0.3 is 5.11 Å². The Morgan fingerprint density at radius 2 is 1.36 bits per heavy atom. The molecule has 0 bridgehead atoms. The highest BCUT2D eigenvalue weighted by molar-refractivity contribution is 5.73. The predicted molar refractivity (Wildman–Crippen MR) is 58.4 cm³/mol. The van der Waals surface area contributed by atoms with Gasteiger partial charge in [-0.15, -0.1) is 0 Å². The molecule has 0 aliphatic rings. The molecule has 1 N–H and O–H groups in total. The highest BCUT2D eigenvalue weighted by Crippen LogP contribution is 2.17. The summed E-state index contributed by atoms with van der Waals surface area (Å²) < 4.78 is 0. The van der Waals surface area contributed by atoms with Crippen LogP contribution in [-0.2, 0) is 4.79 Å². The Balaban J connectivity index is 4.83. The van der Waals surface area contributed by atoms with Gasteiger partial charge in [0, 0.05) is 12.1 Å². The summed E-state index contributed by atoms with van der Waals surface area (Å²) in [6.45, 7) is 12.1. The quantitative estimate of drug-likeness (QED) is 0.741. The second-order valence-corrected chi connectivity index (χ2v) is 4.66. The van der Waals surface area contributed by atoms with Gasteiger partial charge in [-0.2, -0.15) is 0 Å². The zero-order valence-electron chi connectivity index (χ0n) is 10.1. The van der Waals surface area contributed by atoms with E-state index < -0.39 is 5.97 Å². The van der Waals surface area contributed by atoms with Gasteiger partial charge in [-0.3, -0.25) is 9.69 Å². The molecule has 0 heterocycles. The molecule has 14 heavy (non-hydrogen) atoms. The lowest BCUT2D eigenvalue weighted by Crippen LogP contribution is -2.51. The maximum Gasteiger partial charge on any atom is 0.321 e.